The quantitative estimate of drug-likeness (QED) is 0.697. The number of amides is 1. The fourth-order valence-electron chi connectivity index (χ4n) is 3.39. The van der Waals surface area contributed by atoms with E-state index in [1.54, 1.807) is 68.4 Å². The summed E-state index contributed by atoms with van der Waals surface area (Å²) in [6.07, 6.45) is 1.40. The van der Waals surface area contributed by atoms with Crippen molar-refractivity contribution in [2.24, 2.45) is 5.92 Å². The highest BCUT2D eigenvalue weighted by molar-refractivity contribution is 7.89. The molecule has 0 radical (unpaired) electrons. The van der Waals surface area contributed by atoms with Crippen LogP contribution in [0.25, 0.3) is 0 Å². The maximum atomic E-state index is 12.7. The number of carbonyl (C=O) groups is 1. The molecule has 1 aliphatic heterocycles. The standard InChI is InChI=1S/C22H27ClN2O4S/c1-22(2,29-19-10-8-18(23)9-11-19)21(26)24-16-17-12-14-25(15-13-17)30(27,28)20-6-4-3-5-7-20/h3-11,17H,12-16H2,1-2H3,(H,24,26). The number of carbonyl (C=O) groups excluding carboxylic acids is 1. The topological polar surface area (TPSA) is 75.7 Å². The Morgan fingerprint density at radius 2 is 1.70 bits per heavy atom. The summed E-state index contributed by atoms with van der Waals surface area (Å²) in [5.41, 5.74) is -1.04. The summed E-state index contributed by atoms with van der Waals surface area (Å²) in [4.78, 5) is 12.9. The highest BCUT2D eigenvalue weighted by atomic mass is 35.5. The third kappa shape index (κ3) is 5.53. The van der Waals surface area contributed by atoms with Crippen molar-refractivity contribution >= 4 is 27.5 Å². The van der Waals surface area contributed by atoms with E-state index in [9.17, 15) is 13.2 Å². The van der Waals surface area contributed by atoms with Crippen molar-refractivity contribution in [1.82, 2.24) is 9.62 Å². The second-order valence-corrected chi connectivity index (χ2v) is 10.3. The lowest BCUT2D eigenvalue weighted by Crippen LogP contribution is -2.49. The Hall–Kier alpha value is -2.09. The van der Waals surface area contributed by atoms with E-state index < -0.39 is 15.6 Å². The van der Waals surface area contributed by atoms with Gasteiger partial charge in [-0.2, -0.15) is 4.31 Å². The molecular weight excluding hydrogens is 424 g/mol. The lowest BCUT2D eigenvalue weighted by atomic mass is 9.97. The van der Waals surface area contributed by atoms with Gasteiger partial charge in [0.25, 0.3) is 5.91 Å². The zero-order chi connectivity index (χ0) is 21.8. The fourth-order valence-corrected chi connectivity index (χ4v) is 5.01. The van der Waals surface area contributed by atoms with E-state index in [1.807, 2.05) is 0 Å². The van der Waals surface area contributed by atoms with Gasteiger partial charge in [0.05, 0.1) is 4.90 Å². The molecule has 30 heavy (non-hydrogen) atoms. The lowest BCUT2D eigenvalue weighted by molar-refractivity contribution is -0.134. The first-order chi connectivity index (χ1) is 14.2. The minimum absolute atomic E-state index is 0.211. The van der Waals surface area contributed by atoms with Gasteiger partial charge in [0.1, 0.15) is 5.75 Å². The first-order valence-electron chi connectivity index (χ1n) is 9.96. The van der Waals surface area contributed by atoms with Crippen LogP contribution in [-0.2, 0) is 14.8 Å². The minimum atomic E-state index is -3.46. The predicted octanol–water partition coefficient (Wildman–Crippen LogP) is 3.71. The molecule has 0 aliphatic carbocycles. The van der Waals surface area contributed by atoms with Gasteiger partial charge in [0.15, 0.2) is 5.60 Å². The first kappa shape index (κ1) is 22.6. The summed E-state index contributed by atoms with van der Waals surface area (Å²) in [6.45, 7) is 4.81. The van der Waals surface area contributed by atoms with Crippen molar-refractivity contribution < 1.29 is 17.9 Å². The summed E-state index contributed by atoms with van der Waals surface area (Å²) < 4.78 is 32.8. The van der Waals surface area contributed by atoms with Gasteiger partial charge >= 0.3 is 0 Å². The van der Waals surface area contributed by atoms with E-state index in [2.05, 4.69) is 5.32 Å². The van der Waals surface area contributed by atoms with Gasteiger partial charge in [-0.1, -0.05) is 29.8 Å². The van der Waals surface area contributed by atoms with Gasteiger partial charge in [-0.15, -0.1) is 0 Å². The number of hydrogen-bond acceptors (Lipinski definition) is 4. The number of nitrogens with zero attached hydrogens (tertiary/aromatic N) is 1. The highest BCUT2D eigenvalue weighted by Crippen LogP contribution is 2.24. The molecule has 1 fully saturated rings. The molecule has 8 heteroatoms. The summed E-state index contributed by atoms with van der Waals surface area (Å²) in [5.74, 6) is 0.582. The molecule has 0 saturated carbocycles. The van der Waals surface area contributed by atoms with Crippen LogP contribution in [-0.4, -0.2) is 43.9 Å². The zero-order valence-corrected chi connectivity index (χ0v) is 18.7. The third-order valence-electron chi connectivity index (χ3n) is 5.24. The molecular formula is C22H27ClN2O4S. The highest BCUT2D eigenvalue weighted by Gasteiger charge is 2.32. The molecule has 3 rings (SSSR count). The Kier molecular flexibility index (Phi) is 7.06. The van der Waals surface area contributed by atoms with Crippen molar-refractivity contribution in [3.63, 3.8) is 0 Å². The van der Waals surface area contributed by atoms with Crippen LogP contribution in [0.3, 0.4) is 0 Å². The molecule has 1 N–H and O–H groups in total. The number of hydrogen-bond donors (Lipinski definition) is 1. The first-order valence-corrected chi connectivity index (χ1v) is 11.8. The largest absolute Gasteiger partial charge is 0.478 e. The molecule has 6 nitrogen and oxygen atoms in total. The van der Waals surface area contributed by atoms with Crippen LogP contribution in [0.15, 0.2) is 59.5 Å². The summed E-state index contributed by atoms with van der Waals surface area (Å²) >= 11 is 5.88. The Labute approximate surface area is 183 Å². The Morgan fingerprint density at radius 1 is 1.10 bits per heavy atom. The number of sulfonamides is 1. The summed E-state index contributed by atoms with van der Waals surface area (Å²) in [5, 5.41) is 3.55. The second kappa shape index (κ2) is 9.37. The van der Waals surface area contributed by atoms with Crippen molar-refractivity contribution in [3.05, 3.63) is 59.6 Å². The summed E-state index contributed by atoms with van der Waals surface area (Å²) in [6, 6.07) is 15.3. The maximum Gasteiger partial charge on any atom is 0.263 e. The normalized spacial score (nSPS) is 16.2. The van der Waals surface area contributed by atoms with Crippen LogP contribution in [0, 0.1) is 5.92 Å². The molecule has 0 atom stereocenters. The molecule has 1 amide bonds. The number of ether oxygens (including phenoxy) is 1. The van der Waals surface area contributed by atoms with Crippen LogP contribution in [0.5, 0.6) is 5.75 Å². The van der Waals surface area contributed by atoms with E-state index in [1.165, 1.54) is 4.31 Å². The number of halogens is 1. The van der Waals surface area contributed by atoms with E-state index in [0.717, 1.165) is 0 Å². The smallest absolute Gasteiger partial charge is 0.263 e. The maximum absolute atomic E-state index is 12.7. The average molecular weight is 451 g/mol. The van der Waals surface area contributed by atoms with Crippen molar-refractivity contribution in [1.29, 1.82) is 0 Å². The average Bonchev–Trinajstić information content (AvgIpc) is 2.74. The van der Waals surface area contributed by atoms with E-state index in [4.69, 9.17) is 16.3 Å². The predicted molar refractivity (Wildman–Crippen MR) is 117 cm³/mol. The Bertz CT molecular complexity index is 954. The van der Waals surface area contributed by atoms with Crippen LogP contribution in [0.4, 0.5) is 0 Å². The molecule has 1 aliphatic rings. The number of rotatable bonds is 7. The van der Waals surface area contributed by atoms with Crippen molar-refractivity contribution in [2.45, 2.75) is 37.2 Å². The molecule has 0 unspecified atom stereocenters. The monoisotopic (exact) mass is 450 g/mol. The fraction of sp³-hybridized carbons (Fsp3) is 0.409. The van der Waals surface area contributed by atoms with E-state index in [0.29, 0.717) is 48.1 Å². The molecule has 2 aromatic rings. The molecule has 2 aromatic carbocycles. The number of nitrogens with one attached hydrogen (secondary N) is 1. The number of piperidine rings is 1. The van der Waals surface area contributed by atoms with Gasteiger partial charge in [0, 0.05) is 24.7 Å². The second-order valence-electron chi connectivity index (χ2n) is 7.94. The van der Waals surface area contributed by atoms with Gasteiger partial charge in [-0.05, 0) is 69.0 Å². The van der Waals surface area contributed by atoms with Crippen molar-refractivity contribution in [2.75, 3.05) is 19.6 Å². The Morgan fingerprint density at radius 3 is 2.30 bits per heavy atom. The van der Waals surface area contributed by atoms with Crippen molar-refractivity contribution in [3.8, 4) is 5.75 Å². The third-order valence-corrected chi connectivity index (χ3v) is 7.40. The molecule has 0 bridgehead atoms. The van der Waals surface area contributed by atoms with E-state index in [-0.39, 0.29) is 11.8 Å². The van der Waals surface area contributed by atoms with Crippen LogP contribution in [0.1, 0.15) is 26.7 Å². The summed E-state index contributed by atoms with van der Waals surface area (Å²) in [7, 11) is -3.46. The van der Waals surface area contributed by atoms with Crippen LogP contribution in [0.2, 0.25) is 5.02 Å². The molecule has 0 spiro atoms. The van der Waals surface area contributed by atoms with Gasteiger partial charge in [-0.3, -0.25) is 4.79 Å². The molecule has 162 valence electrons. The molecule has 1 heterocycles. The van der Waals surface area contributed by atoms with Crippen LogP contribution >= 0.6 is 11.6 Å². The minimum Gasteiger partial charge on any atom is -0.478 e. The van der Waals surface area contributed by atoms with E-state index >= 15 is 0 Å². The zero-order valence-electron chi connectivity index (χ0n) is 17.2. The SMILES string of the molecule is CC(C)(Oc1ccc(Cl)cc1)C(=O)NCC1CCN(S(=O)(=O)c2ccccc2)CC1. The molecule has 1 saturated heterocycles. The lowest BCUT2D eigenvalue weighted by Gasteiger charge is -2.32. The van der Waals surface area contributed by atoms with Gasteiger partial charge < -0.3 is 10.1 Å². The van der Waals surface area contributed by atoms with Crippen LogP contribution < -0.4 is 10.1 Å². The van der Waals surface area contributed by atoms with Gasteiger partial charge in [-0.25, -0.2) is 8.42 Å². The van der Waals surface area contributed by atoms with Gasteiger partial charge in [0.2, 0.25) is 10.0 Å². The number of benzene rings is 2. The Balaban J connectivity index is 1.49. The molecule has 0 aromatic heterocycles.